The molecule has 3 aromatic heterocycles. The van der Waals surface area contributed by atoms with E-state index in [2.05, 4.69) is 20.5 Å². The lowest BCUT2D eigenvalue weighted by Crippen LogP contribution is -2.45. The Morgan fingerprint density at radius 3 is 2.52 bits per heavy atom. The highest BCUT2D eigenvalue weighted by Crippen LogP contribution is 2.42. The van der Waals surface area contributed by atoms with Crippen LogP contribution in [0.5, 0.6) is 0 Å². The van der Waals surface area contributed by atoms with Crippen molar-refractivity contribution in [3.8, 4) is 5.82 Å². The SMILES string of the molecule is O=c1c(=O)n(C2(CF)CC2)ccn1Cc1ccc(-n2ccnn2)nn1. The molecule has 9 nitrogen and oxygen atoms in total. The minimum absolute atomic E-state index is 0.0994. The summed E-state index contributed by atoms with van der Waals surface area (Å²) in [5.74, 6) is 0.489. The second-order valence-electron chi connectivity index (χ2n) is 5.99. The van der Waals surface area contributed by atoms with Gasteiger partial charge in [-0.1, -0.05) is 5.21 Å². The quantitative estimate of drug-likeness (QED) is 0.599. The zero-order valence-corrected chi connectivity index (χ0v) is 13.1. The molecule has 25 heavy (non-hydrogen) atoms. The molecule has 0 radical (unpaired) electrons. The fraction of sp³-hybridized carbons (Fsp3) is 0.333. The van der Waals surface area contributed by atoms with E-state index in [1.807, 2.05) is 0 Å². The van der Waals surface area contributed by atoms with Crippen molar-refractivity contribution >= 4 is 0 Å². The molecule has 0 bridgehead atoms. The van der Waals surface area contributed by atoms with Gasteiger partial charge in [0.1, 0.15) is 6.67 Å². The van der Waals surface area contributed by atoms with Gasteiger partial charge in [0.05, 0.1) is 30.2 Å². The van der Waals surface area contributed by atoms with E-state index in [9.17, 15) is 14.0 Å². The number of rotatable bonds is 5. The van der Waals surface area contributed by atoms with Crippen molar-refractivity contribution in [2.45, 2.75) is 24.9 Å². The fourth-order valence-electron chi connectivity index (χ4n) is 2.65. The third-order valence-electron chi connectivity index (χ3n) is 4.34. The number of nitrogens with zero attached hydrogens (tertiary/aromatic N) is 7. The molecule has 1 saturated carbocycles. The minimum Gasteiger partial charge on any atom is -0.303 e. The molecule has 3 aromatic rings. The van der Waals surface area contributed by atoms with Crippen LogP contribution in [-0.2, 0) is 12.1 Å². The fourth-order valence-corrected chi connectivity index (χ4v) is 2.65. The maximum absolute atomic E-state index is 13.1. The molecule has 0 unspecified atom stereocenters. The van der Waals surface area contributed by atoms with Crippen LogP contribution >= 0.6 is 0 Å². The minimum atomic E-state index is -0.825. The molecule has 0 aliphatic heterocycles. The first-order valence-corrected chi connectivity index (χ1v) is 7.71. The lowest BCUT2D eigenvalue weighted by Gasteiger charge is -2.15. The third kappa shape index (κ3) is 2.65. The smallest absolute Gasteiger partial charge is 0.303 e. The van der Waals surface area contributed by atoms with Gasteiger partial charge in [-0.05, 0) is 25.0 Å². The van der Waals surface area contributed by atoms with Crippen molar-refractivity contribution in [2.75, 3.05) is 6.67 Å². The van der Waals surface area contributed by atoms with Crippen molar-refractivity contribution in [3.05, 3.63) is 63.3 Å². The molecule has 0 spiro atoms. The van der Waals surface area contributed by atoms with E-state index in [-0.39, 0.29) is 6.54 Å². The molecule has 0 saturated heterocycles. The zero-order chi connectivity index (χ0) is 17.4. The molecule has 0 amide bonds. The van der Waals surface area contributed by atoms with Gasteiger partial charge in [0.2, 0.25) is 0 Å². The number of alkyl halides is 1. The maximum Gasteiger partial charge on any atom is 0.317 e. The molecular formula is C15H14FN7O2. The van der Waals surface area contributed by atoms with Crippen molar-refractivity contribution < 1.29 is 4.39 Å². The van der Waals surface area contributed by atoms with Gasteiger partial charge in [-0.15, -0.1) is 10.2 Å². The van der Waals surface area contributed by atoms with Crippen LogP contribution < -0.4 is 11.1 Å². The normalized spacial score (nSPS) is 15.2. The van der Waals surface area contributed by atoms with Gasteiger partial charge in [0.25, 0.3) is 0 Å². The first-order valence-electron chi connectivity index (χ1n) is 7.71. The third-order valence-corrected chi connectivity index (χ3v) is 4.34. The summed E-state index contributed by atoms with van der Waals surface area (Å²) in [7, 11) is 0. The topological polar surface area (TPSA) is 100 Å². The second kappa shape index (κ2) is 5.72. The van der Waals surface area contributed by atoms with Gasteiger partial charge < -0.3 is 9.13 Å². The Hall–Kier alpha value is -3.17. The zero-order valence-electron chi connectivity index (χ0n) is 13.1. The number of aromatic nitrogens is 7. The van der Waals surface area contributed by atoms with E-state index in [1.165, 1.54) is 32.4 Å². The molecular weight excluding hydrogens is 329 g/mol. The summed E-state index contributed by atoms with van der Waals surface area (Å²) in [5, 5.41) is 15.5. The highest BCUT2D eigenvalue weighted by atomic mass is 19.1. The predicted molar refractivity (Wildman–Crippen MR) is 84.2 cm³/mol. The first-order chi connectivity index (χ1) is 12.1. The molecule has 1 aliphatic rings. The van der Waals surface area contributed by atoms with Crippen LogP contribution in [0.25, 0.3) is 5.82 Å². The molecule has 1 fully saturated rings. The summed E-state index contributed by atoms with van der Waals surface area (Å²) in [6, 6.07) is 3.37. The lowest BCUT2D eigenvalue weighted by molar-refractivity contribution is 0.326. The Kier molecular flexibility index (Phi) is 3.52. The summed E-state index contributed by atoms with van der Waals surface area (Å²) >= 11 is 0. The lowest BCUT2D eigenvalue weighted by atomic mass is 10.3. The number of hydrogen-bond donors (Lipinski definition) is 0. The Morgan fingerprint density at radius 1 is 1.08 bits per heavy atom. The van der Waals surface area contributed by atoms with E-state index >= 15 is 0 Å². The first kappa shape index (κ1) is 15.4. The van der Waals surface area contributed by atoms with Crippen LogP contribution in [-0.4, -0.2) is 41.0 Å². The molecule has 4 rings (SSSR count). The molecule has 3 heterocycles. The highest BCUT2D eigenvalue weighted by molar-refractivity contribution is 5.19. The van der Waals surface area contributed by atoms with Gasteiger partial charge in [0.15, 0.2) is 5.82 Å². The molecule has 10 heteroatoms. The van der Waals surface area contributed by atoms with Crippen LogP contribution in [0.1, 0.15) is 18.5 Å². The monoisotopic (exact) mass is 343 g/mol. The van der Waals surface area contributed by atoms with E-state index < -0.39 is 23.3 Å². The van der Waals surface area contributed by atoms with Crippen molar-refractivity contribution in [1.82, 2.24) is 34.3 Å². The van der Waals surface area contributed by atoms with Crippen LogP contribution in [0.3, 0.4) is 0 Å². The van der Waals surface area contributed by atoms with Gasteiger partial charge in [0, 0.05) is 12.4 Å². The molecule has 0 aromatic carbocycles. The second-order valence-corrected chi connectivity index (χ2v) is 5.99. The van der Waals surface area contributed by atoms with Gasteiger partial charge in [-0.25, -0.2) is 9.07 Å². The Morgan fingerprint density at radius 2 is 1.92 bits per heavy atom. The summed E-state index contributed by atoms with van der Waals surface area (Å²) in [6.07, 6.45) is 7.24. The number of halogens is 1. The van der Waals surface area contributed by atoms with Crippen molar-refractivity contribution in [2.24, 2.45) is 0 Å². The van der Waals surface area contributed by atoms with Gasteiger partial charge >= 0.3 is 11.1 Å². The van der Waals surface area contributed by atoms with Crippen molar-refractivity contribution in [1.29, 1.82) is 0 Å². The summed E-state index contributed by atoms with van der Waals surface area (Å²) in [6.45, 7) is -0.548. The van der Waals surface area contributed by atoms with Gasteiger partial charge in [-0.3, -0.25) is 9.59 Å². The largest absolute Gasteiger partial charge is 0.317 e. The Balaban J connectivity index is 1.60. The van der Waals surface area contributed by atoms with E-state index in [0.29, 0.717) is 24.4 Å². The molecule has 1 aliphatic carbocycles. The summed E-state index contributed by atoms with van der Waals surface area (Å²) in [4.78, 5) is 24.5. The van der Waals surface area contributed by atoms with Crippen LogP contribution in [0.15, 0.2) is 46.5 Å². The summed E-state index contributed by atoms with van der Waals surface area (Å²) < 4.78 is 17.0. The maximum atomic E-state index is 13.1. The van der Waals surface area contributed by atoms with Crippen LogP contribution in [0.2, 0.25) is 0 Å². The standard InChI is InChI=1S/C15H14FN7O2/c16-10-15(3-4-15)22-8-7-21(13(24)14(22)25)9-11-1-2-12(19-18-11)23-6-5-17-20-23/h1-2,5-8H,3-4,9-10H2. The highest BCUT2D eigenvalue weighted by Gasteiger charge is 2.45. The average molecular weight is 343 g/mol. The molecule has 128 valence electrons. The number of hydrogen-bond acceptors (Lipinski definition) is 6. The molecule has 0 N–H and O–H groups in total. The van der Waals surface area contributed by atoms with E-state index in [4.69, 9.17) is 0 Å². The van der Waals surface area contributed by atoms with Crippen molar-refractivity contribution in [3.63, 3.8) is 0 Å². The Bertz CT molecular complexity index is 1000. The van der Waals surface area contributed by atoms with Gasteiger partial charge in [-0.2, -0.15) is 5.10 Å². The van der Waals surface area contributed by atoms with Crippen LogP contribution in [0, 0.1) is 0 Å². The average Bonchev–Trinajstić information content (AvgIpc) is 3.23. The van der Waals surface area contributed by atoms with Crippen LogP contribution in [0.4, 0.5) is 4.39 Å². The Labute approximate surface area is 140 Å². The van der Waals surface area contributed by atoms with E-state index in [0.717, 1.165) is 0 Å². The predicted octanol–water partition coefficient (Wildman–Crippen LogP) is -0.112. The van der Waals surface area contributed by atoms with E-state index in [1.54, 1.807) is 18.3 Å². The summed E-state index contributed by atoms with van der Waals surface area (Å²) in [5.41, 5.74) is -1.74. The molecule has 0 atom stereocenters.